The van der Waals surface area contributed by atoms with Crippen molar-refractivity contribution in [3.8, 4) is 0 Å². The molecule has 0 bridgehead atoms. The molecule has 1 aliphatic rings. The lowest BCUT2D eigenvalue weighted by Crippen LogP contribution is -2.44. The van der Waals surface area contributed by atoms with E-state index in [9.17, 15) is 31.9 Å². The Morgan fingerprint density at radius 3 is 2.52 bits per heavy atom. The number of rotatable bonds is 3. The van der Waals surface area contributed by atoms with Gasteiger partial charge in [0.2, 0.25) is 11.8 Å². The zero-order valence-electron chi connectivity index (χ0n) is 14.5. The Morgan fingerprint density at radius 2 is 1.83 bits per heavy atom. The van der Waals surface area contributed by atoms with E-state index < -0.39 is 40.5 Å². The first-order valence-corrected chi connectivity index (χ1v) is 9.05. The van der Waals surface area contributed by atoms with Crippen molar-refractivity contribution in [2.45, 2.75) is 22.7 Å². The second-order valence-corrected chi connectivity index (χ2v) is 7.24. The van der Waals surface area contributed by atoms with Crippen LogP contribution in [0.3, 0.4) is 0 Å². The molecule has 1 atom stereocenters. The number of carbonyl (C=O) groups is 3. The van der Waals surface area contributed by atoms with E-state index in [-0.39, 0.29) is 17.7 Å². The highest BCUT2D eigenvalue weighted by atomic mass is 32.2. The first kappa shape index (κ1) is 20.6. The van der Waals surface area contributed by atoms with E-state index in [1.807, 2.05) is 5.43 Å². The molecule has 0 radical (unpaired) electrons. The molecule has 2 aromatic carbocycles. The van der Waals surface area contributed by atoms with Gasteiger partial charge in [-0.1, -0.05) is 12.1 Å². The Balaban J connectivity index is 1.59. The molecule has 0 spiro atoms. The van der Waals surface area contributed by atoms with Crippen LogP contribution in [-0.4, -0.2) is 23.0 Å². The van der Waals surface area contributed by atoms with Gasteiger partial charge in [-0.3, -0.25) is 25.2 Å². The summed E-state index contributed by atoms with van der Waals surface area (Å²) in [5.41, 5.74) is 2.97. The molecule has 3 amide bonds. The number of nitrogens with one attached hydrogen (secondary N) is 3. The predicted octanol–water partition coefficient (Wildman–Crippen LogP) is 3.11. The smallest absolute Gasteiger partial charge is 0.324 e. The molecule has 6 nitrogen and oxygen atoms in total. The second-order valence-electron chi connectivity index (χ2n) is 5.99. The van der Waals surface area contributed by atoms with E-state index in [1.165, 1.54) is 24.3 Å². The van der Waals surface area contributed by atoms with E-state index in [2.05, 4.69) is 10.7 Å². The summed E-state index contributed by atoms with van der Waals surface area (Å²) in [5.74, 6) is -3.01. The van der Waals surface area contributed by atoms with Crippen molar-refractivity contribution in [1.82, 2.24) is 10.9 Å². The third-order valence-corrected chi connectivity index (χ3v) is 5.21. The van der Waals surface area contributed by atoms with Crippen LogP contribution in [0.15, 0.2) is 47.4 Å². The summed E-state index contributed by atoms with van der Waals surface area (Å²) in [4.78, 5) is 36.4. The van der Waals surface area contributed by atoms with Crippen LogP contribution in [0.5, 0.6) is 0 Å². The minimum Gasteiger partial charge on any atom is -0.324 e. The molecule has 2 aromatic rings. The molecule has 1 unspecified atom stereocenters. The molecular weight excluding hydrogens is 414 g/mol. The molecule has 0 aromatic heterocycles. The fourth-order valence-corrected chi connectivity index (χ4v) is 3.61. The first-order chi connectivity index (χ1) is 13.6. The van der Waals surface area contributed by atoms with Gasteiger partial charge in [0.15, 0.2) is 0 Å². The molecule has 11 heteroatoms. The van der Waals surface area contributed by atoms with Gasteiger partial charge in [0, 0.05) is 11.3 Å². The number of hydrogen-bond acceptors (Lipinski definition) is 4. The predicted molar refractivity (Wildman–Crippen MR) is 96.3 cm³/mol. The summed E-state index contributed by atoms with van der Waals surface area (Å²) in [6.45, 7) is 0. The van der Waals surface area contributed by atoms with Gasteiger partial charge in [0.05, 0.1) is 22.1 Å². The first-order valence-electron chi connectivity index (χ1n) is 8.17. The summed E-state index contributed by atoms with van der Waals surface area (Å²) >= 11 is 0.933. The highest BCUT2D eigenvalue weighted by Gasteiger charge is 2.34. The average molecular weight is 427 g/mol. The van der Waals surface area contributed by atoms with Crippen LogP contribution < -0.4 is 16.2 Å². The maximum atomic E-state index is 13.5. The minimum absolute atomic E-state index is 0.0133. The Kier molecular flexibility index (Phi) is 5.78. The number of thioether (sulfide) groups is 1. The highest BCUT2D eigenvalue weighted by Crippen LogP contribution is 2.40. The topological polar surface area (TPSA) is 87.3 Å². The Bertz CT molecular complexity index is 981. The average Bonchev–Trinajstić information content (AvgIpc) is 2.66. The molecular formula is C18H13F4N3O3S. The van der Waals surface area contributed by atoms with E-state index in [1.54, 1.807) is 0 Å². The van der Waals surface area contributed by atoms with Gasteiger partial charge >= 0.3 is 6.18 Å². The van der Waals surface area contributed by atoms with Crippen molar-refractivity contribution in [1.29, 1.82) is 0 Å². The van der Waals surface area contributed by atoms with E-state index >= 15 is 0 Å². The number of anilines is 1. The van der Waals surface area contributed by atoms with Crippen LogP contribution in [0.25, 0.3) is 0 Å². The number of fused-ring (bicyclic) bond motifs is 1. The van der Waals surface area contributed by atoms with Crippen molar-refractivity contribution in [2.24, 2.45) is 0 Å². The molecule has 3 N–H and O–H groups in total. The van der Waals surface area contributed by atoms with Crippen molar-refractivity contribution < 1.29 is 31.9 Å². The maximum absolute atomic E-state index is 13.5. The zero-order valence-corrected chi connectivity index (χ0v) is 15.3. The van der Waals surface area contributed by atoms with Gasteiger partial charge in [0.1, 0.15) is 5.82 Å². The van der Waals surface area contributed by atoms with Crippen molar-refractivity contribution in [3.63, 3.8) is 0 Å². The normalized spacial score (nSPS) is 15.9. The van der Waals surface area contributed by atoms with Crippen LogP contribution in [0, 0.1) is 5.82 Å². The van der Waals surface area contributed by atoms with Crippen LogP contribution in [-0.2, 0) is 15.8 Å². The van der Waals surface area contributed by atoms with Crippen molar-refractivity contribution >= 4 is 35.2 Å². The summed E-state index contributed by atoms with van der Waals surface area (Å²) in [6, 6.07) is 8.09. The molecule has 0 aliphatic carbocycles. The Hall–Kier alpha value is -3.08. The number of amides is 3. The molecule has 1 heterocycles. The monoisotopic (exact) mass is 427 g/mol. The molecule has 0 saturated heterocycles. The van der Waals surface area contributed by atoms with Gasteiger partial charge in [0.25, 0.3) is 5.91 Å². The standard InChI is InChI=1S/C18H13F4N3O3S/c19-11-4-2-1-3-10(11)16(27)25-24-15(26)8-14-17(28)23-12-7-9(18(20,21)22)5-6-13(12)29-14/h1-7,14H,8H2,(H,23,28)(H,24,26)(H,25,27). The van der Waals surface area contributed by atoms with Gasteiger partial charge in [-0.2, -0.15) is 13.2 Å². The molecule has 0 saturated carbocycles. The number of carbonyl (C=O) groups excluding carboxylic acids is 3. The van der Waals surface area contributed by atoms with Gasteiger partial charge < -0.3 is 5.32 Å². The van der Waals surface area contributed by atoms with Crippen LogP contribution in [0.4, 0.5) is 23.2 Å². The van der Waals surface area contributed by atoms with Gasteiger partial charge in [-0.05, 0) is 30.3 Å². The fraction of sp³-hybridized carbons (Fsp3) is 0.167. The third-order valence-electron chi connectivity index (χ3n) is 3.93. The quantitative estimate of drug-likeness (QED) is 0.519. The zero-order chi connectivity index (χ0) is 21.2. The molecule has 152 valence electrons. The lowest BCUT2D eigenvalue weighted by Gasteiger charge is -2.24. The summed E-state index contributed by atoms with van der Waals surface area (Å²) in [7, 11) is 0. The second kappa shape index (κ2) is 8.11. The Labute approximate surface area is 166 Å². The molecule has 1 aliphatic heterocycles. The number of halogens is 4. The number of benzene rings is 2. The lowest BCUT2D eigenvalue weighted by atomic mass is 10.1. The number of hydrogen-bond donors (Lipinski definition) is 3. The highest BCUT2D eigenvalue weighted by molar-refractivity contribution is 8.01. The number of alkyl halides is 3. The molecule has 3 rings (SSSR count). The van der Waals surface area contributed by atoms with Gasteiger partial charge in [-0.25, -0.2) is 4.39 Å². The SMILES string of the molecule is O=C(CC1Sc2ccc(C(F)(F)F)cc2NC1=O)NNC(=O)c1ccccc1F. The fourth-order valence-electron chi connectivity index (χ4n) is 2.52. The summed E-state index contributed by atoms with van der Waals surface area (Å²) < 4.78 is 51.8. The van der Waals surface area contributed by atoms with E-state index in [0.717, 1.165) is 30.0 Å². The van der Waals surface area contributed by atoms with E-state index in [4.69, 9.17) is 0 Å². The lowest BCUT2D eigenvalue weighted by molar-refractivity contribution is -0.137. The minimum atomic E-state index is -4.54. The van der Waals surface area contributed by atoms with E-state index in [0.29, 0.717) is 4.90 Å². The summed E-state index contributed by atoms with van der Waals surface area (Å²) in [6.07, 6.45) is -4.90. The number of hydrazine groups is 1. The largest absolute Gasteiger partial charge is 0.416 e. The van der Waals surface area contributed by atoms with Crippen molar-refractivity contribution in [3.05, 3.63) is 59.4 Å². The van der Waals surface area contributed by atoms with Crippen LogP contribution in [0.2, 0.25) is 0 Å². The Morgan fingerprint density at radius 1 is 1.10 bits per heavy atom. The molecule has 0 fully saturated rings. The van der Waals surface area contributed by atoms with Crippen LogP contribution in [0.1, 0.15) is 22.3 Å². The molecule has 29 heavy (non-hydrogen) atoms. The van der Waals surface area contributed by atoms with Crippen molar-refractivity contribution in [2.75, 3.05) is 5.32 Å². The summed E-state index contributed by atoms with van der Waals surface area (Å²) in [5, 5.41) is 1.44. The third kappa shape index (κ3) is 4.86. The van der Waals surface area contributed by atoms with Crippen LogP contribution >= 0.6 is 11.8 Å². The van der Waals surface area contributed by atoms with Gasteiger partial charge in [-0.15, -0.1) is 11.8 Å². The maximum Gasteiger partial charge on any atom is 0.416 e.